The molecule has 0 aliphatic heterocycles. The third kappa shape index (κ3) is 7.33. The Balaban J connectivity index is 1.46. The number of methoxy groups -OCH3 is 1. The standard InChI is InChI=1S/C27H28N2O6/c1-4-19-8-5-7-18(2)26(19)29-25(31)17-35-27(32)20-11-13-22(14-12-20)34-16-24(30)28-21-9-6-10-23(15-21)33-3/h5-15H,4,16-17H2,1-3H3,(H,28,30)(H,29,31). The number of aryl methyl sites for hydroxylation is 2. The van der Waals surface area contributed by atoms with Crippen molar-refractivity contribution in [1.29, 1.82) is 0 Å². The quantitative estimate of drug-likeness (QED) is 0.421. The summed E-state index contributed by atoms with van der Waals surface area (Å²) in [6, 6.07) is 18.9. The molecule has 0 atom stereocenters. The van der Waals surface area contributed by atoms with Gasteiger partial charge < -0.3 is 24.8 Å². The maximum absolute atomic E-state index is 12.3. The number of rotatable bonds is 10. The highest BCUT2D eigenvalue weighted by Crippen LogP contribution is 2.21. The summed E-state index contributed by atoms with van der Waals surface area (Å²) in [5.41, 5.74) is 3.55. The highest BCUT2D eigenvalue weighted by atomic mass is 16.5. The SMILES string of the molecule is CCc1cccc(C)c1NC(=O)COC(=O)c1ccc(OCC(=O)Nc2cccc(OC)c2)cc1. The van der Waals surface area contributed by atoms with Gasteiger partial charge >= 0.3 is 5.97 Å². The molecule has 3 aromatic carbocycles. The van der Waals surface area contributed by atoms with E-state index >= 15 is 0 Å². The molecule has 0 aliphatic rings. The second kappa shape index (κ2) is 12.2. The van der Waals surface area contributed by atoms with Crippen LogP contribution in [0.2, 0.25) is 0 Å². The van der Waals surface area contributed by atoms with Gasteiger partial charge in [-0.1, -0.05) is 31.2 Å². The maximum Gasteiger partial charge on any atom is 0.338 e. The minimum absolute atomic E-state index is 0.209. The minimum Gasteiger partial charge on any atom is -0.497 e. The number of carbonyl (C=O) groups excluding carboxylic acids is 3. The molecule has 0 fully saturated rings. The lowest BCUT2D eigenvalue weighted by Gasteiger charge is -2.13. The van der Waals surface area contributed by atoms with Gasteiger partial charge in [0, 0.05) is 17.4 Å². The van der Waals surface area contributed by atoms with Crippen molar-refractivity contribution in [3.8, 4) is 11.5 Å². The average Bonchev–Trinajstić information content (AvgIpc) is 2.87. The van der Waals surface area contributed by atoms with Gasteiger partial charge in [0.1, 0.15) is 11.5 Å². The van der Waals surface area contributed by atoms with E-state index in [0.29, 0.717) is 17.2 Å². The van der Waals surface area contributed by atoms with Gasteiger partial charge in [0.05, 0.1) is 12.7 Å². The lowest BCUT2D eigenvalue weighted by molar-refractivity contribution is -0.119. The van der Waals surface area contributed by atoms with Gasteiger partial charge in [-0.25, -0.2) is 4.79 Å². The predicted octanol–water partition coefficient (Wildman–Crippen LogP) is 4.38. The van der Waals surface area contributed by atoms with Crippen molar-refractivity contribution >= 4 is 29.2 Å². The summed E-state index contributed by atoms with van der Waals surface area (Å²) in [6.45, 7) is 3.30. The van der Waals surface area contributed by atoms with Crippen LogP contribution < -0.4 is 20.1 Å². The van der Waals surface area contributed by atoms with Crippen LogP contribution in [0.3, 0.4) is 0 Å². The summed E-state index contributed by atoms with van der Waals surface area (Å²) in [5.74, 6) is -0.351. The molecule has 3 rings (SSSR count). The zero-order chi connectivity index (χ0) is 25.2. The Labute approximate surface area is 204 Å². The molecule has 35 heavy (non-hydrogen) atoms. The molecule has 0 unspecified atom stereocenters. The van der Waals surface area contributed by atoms with Gasteiger partial charge in [-0.3, -0.25) is 9.59 Å². The first-order valence-electron chi connectivity index (χ1n) is 11.1. The van der Waals surface area contributed by atoms with Crippen LogP contribution in [-0.4, -0.2) is 38.1 Å². The number of carbonyl (C=O) groups is 3. The summed E-state index contributed by atoms with van der Waals surface area (Å²) in [4.78, 5) is 36.7. The number of hydrogen-bond acceptors (Lipinski definition) is 6. The molecule has 2 N–H and O–H groups in total. The van der Waals surface area contributed by atoms with E-state index < -0.39 is 18.5 Å². The lowest BCUT2D eigenvalue weighted by atomic mass is 10.1. The Morgan fingerprint density at radius 3 is 2.26 bits per heavy atom. The monoisotopic (exact) mass is 476 g/mol. The third-order valence-corrected chi connectivity index (χ3v) is 5.15. The fourth-order valence-electron chi connectivity index (χ4n) is 3.33. The number of esters is 1. The van der Waals surface area contributed by atoms with E-state index in [4.69, 9.17) is 14.2 Å². The molecule has 8 nitrogen and oxygen atoms in total. The molecular weight excluding hydrogens is 448 g/mol. The molecule has 8 heteroatoms. The van der Waals surface area contributed by atoms with Crippen molar-refractivity contribution in [2.75, 3.05) is 31.0 Å². The maximum atomic E-state index is 12.3. The van der Waals surface area contributed by atoms with E-state index in [1.54, 1.807) is 43.5 Å². The third-order valence-electron chi connectivity index (χ3n) is 5.15. The molecule has 0 aromatic heterocycles. The summed E-state index contributed by atoms with van der Waals surface area (Å²) < 4.78 is 15.7. The average molecular weight is 477 g/mol. The number of benzene rings is 3. The zero-order valence-corrected chi connectivity index (χ0v) is 19.9. The van der Waals surface area contributed by atoms with E-state index in [2.05, 4.69) is 10.6 Å². The van der Waals surface area contributed by atoms with Crippen molar-refractivity contribution in [3.63, 3.8) is 0 Å². The Morgan fingerprint density at radius 2 is 1.54 bits per heavy atom. The lowest BCUT2D eigenvalue weighted by Crippen LogP contribution is -2.22. The molecule has 0 bridgehead atoms. The summed E-state index contributed by atoms with van der Waals surface area (Å²) in [5, 5.41) is 5.53. The first-order chi connectivity index (χ1) is 16.9. The molecule has 0 radical (unpaired) electrons. The van der Waals surface area contributed by atoms with Gasteiger partial charge in [-0.15, -0.1) is 0 Å². The molecular formula is C27H28N2O6. The van der Waals surface area contributed by atoms with Crippen molar-refractivity contribution in [2.24, 2.45) is 0 Å². The molecule has 3 aromatic rings. The second-order valence-corrected chi connectivity index (χ2v) is 7.68. The first kappa shape index (κ1) is 25.3. The Kier molecular flexibility index (Phi) is 8.83. The Hall–Kier alpha value is -4.33. The molecule has 0 saturated heterocycles. The zero-order valence-electron chi connectivity index (χ0n) is 19.9. The number of hydrogen-bond donors (Lipinski definition) is 2. The highest BCUT2D eigenvalue weighted by Gasteiger charge is 2.13. The van der Waals surface area contributed by atoms with Crippen molar-refractivity contribution in [2.45, 2.75) is 20.3 Å². The van der Waals surface area contributed by atoms with Crippen LogP contribution in [0.4, 0.5) is 11.4 Å². The van der Waals surface area contributed by atoms with Crippen LogP contribution in [0.15, 0.2) is 66.7 Å². The summed E-state index contributed by atoms with van der Waals surface area (Å²) in [6.07, 6.45) is 0.772. The van der Waals surface area contributed by atoms with Gasteiger partial charge in [-0.05, 0) is 60.9 Å². The van der Waals surface area contributed by atoms with E-state index in [-0.39, 0.29) is 18.1 Å². The van der Waals surface area contributed by atoms with E-state index in [0.717, 1.165) is 23.2 Å². The molecule has 182 valence electrons. The van der Waals surface area contributed by atoms with Crippen LogP contribution in [-0.2, 0) is 20.7 Å². The molecule has 0 aliphatic carbocycles. The predicted molar refractivity (Wildman–Crippen MR) is 133 cm³/mol. The van der Waals surface area contributed by atoms with Crippen molar-refractivity contribution in [3.05, 3.63) is 83.4 Å². The number of para-hydroxylation sites is 1. The van der Waals surface area contributed by atoms with E-state index in [1.165, 1.54) is 12.1 Å². The van der Waals surface area contributed by atoms with Gasteiger partial charge in [0.2, 0.25) is 0 Å². The largest absolute Gasteiger partial charge is 0.497 e. The van der Waals surface area contributed by atoms with Crippen LogP contribution in [0.25, 0.3) is 0 Å². The van der Waals surface area contributed by atoms with Gasteiger partial charge in [0.15, 0.2) is 13.2 Å². The van der Waals surface area contributed by atoms with Gasteiger partial charge in [0.25, 0.3) is 11.8 Å². The number of anilines is 2. The first-order valence-corrected chi connectivity index (χ1v) is 11.1. The van der Waals surface area contributed by atoms with Gasteiger partial charge in [-0.2, -0.15) is 0 Å². The minimum atomic E-state index is -0.636. The van der Waals surface area contributed by atoms with Crippen LogP contribution >= 0.6 is 0 Å². The summed E-state index contributed by atoms with van der Waals surface area (Å²) >= 11 is 0. The topological polar surface area (TPSA) is 103 Å². The molecule has 0 spiro atoms. The Bertz CT molecular complexity index is 1190. The number of nitrogens with one attached hydrogen (secondary N) is 2. The van der Waals surface area contributed by atoms with Crippen LogP contribution in [0, 0.1) is 6.92 Å². The second-order valence-electron chi connectivity index (χ2n) is 7.68. The van der Waals surface area contributed by atoms with Crippen LogP contribution in [0.5, 0.6) is 11.5 Å². The summed E-state index contributed by atoms with van der Waals surface area (Å²) in [7, 11) is 1.55. The molecule has 2 amide bonds. The fraction of sp³-hybridized carbons (Fsp3) is 0.222. The van der Waals surface area contributed by atoms with E-state index in [9.17, 15) is 14.4 Å². The molecule has 0 heterocycles. The Morgan fingerprint density at radius 1 is 0.829 bits per heavy atom. The fourth-order valence-corrected chi connectivity index (χ4v) is 3.33. The smallest absolute Gasteiger partial charge is 0.338 e. The molecule has 0 saturated carbocycles. The van der Waals surface area contributed by atoms with Crippen molar-refractivity contribution < 1.29 is 28.6 Å². The number of amides is 2. The van der Waals surface area contributed by atoms with E-state index in [1.807, 2.05) is 32.0 Å². The van der Waals surface area contributed by atoms with Crippen molar-refractivity contribution in [1.82, 2.24) is 0 Å². The highest BCUT2D eigenvalue weighted by molar-refractivity contribution is 5.96. The number of ether oxygens (including phenoxy) is 3. The normalized spacial score (nSPS) is 10.3. The van der Waals surface area contributed by atoms with Crippen LogP contribution in [0.1, 0.15) is 28.4 Å².